The Morgan fingerprint density at radius 3 is 2.59 bits per heavy atom. The van der Waals surface area contributed by atoms with E-state index in [9.17, 15) is 14.7 Å². The number of carbonyl (C=O) groups excluding carboxylic acids is 1. The van der Waals surface area contributed by atoms with Crippen LogP contribution in [0.5, 0.6) is 0 Å². The van der Waals surface area contributed by atoms with Crippen molar-refractivity contribution in [1.82, 2.24) is 10.6 Å². The zero-order valence-electron chi connectivity index (χ0n) is 10.8. The first-order valence-electron chi connectivity index (χ1n) is 6.11. The summed E-state index contributed by atoms with van der Waals surface area (Å²) in [6, 6.07) is 0. The van der Waals surface area contributed by atoms with Gasteiger partial charge in [-0.2, -0.15) is 0 Å². The first-order chi connectivity index (χ1) is 7.84. The predicted octanol–water partition coefficient (Wildman–Crippen LogP) is 0.746. The summed E-state index contributed by atoms with van der Waals surface area (Å²) in [6.07, 6.45) is 1.91. The lowest BCUT2D eigenvalue weighted by molar-refractivity contribution is -0.148. The molecule has 1 rings (SSSR count). The highest BCUT2D eigenvalue weighted by Crippen LogP contribution is 2.26. The van der Waals surface area contributed by atoms with Crippen LogP contribution in [-0.4, -0.2) is 35.6 Å². The smallest absolute Gasteiger partial charge is 0.329 e. The van der Waals surface area contributed by atoms with Gasteiger partial charge in [0, 0.05) is 6.54 Å². The summed E-state index contributed by atoms with van der Waals surface area (Å²) in [5, 5.41) is 15.0. The van der Waals surface area contributed by atoms with E-state index in [0.29, 0.717) is 13.0 Å². The summed E-state index contributed by atoms with van der Waals surface area (Å²) in [4.78, 5) is 23.4. The van der Waals surface area contributed by atoms with E-state index >= 15 is 0 Å². The zero-order chi connectivity index (χ0) is 13.1. The molecule has 1 aliphatic heterocycles. The van der Waals surface area contributed by atoms with Gasteiger partial charge in [-0.3, -0.25) is 4.79 Å². The molecule has 0 aliphatic carbocycles. The van der Waals surface area contributed by atoms with Gasteiger partial charge in [0.2, 0.25) is 5.91 Å². The standard InChI is InChI=1S/C12H22N2O3/c1-4-5-12(3,10(16)17)14-9(15)11(2)6-7-13-8-11/h13H,4-8H2,1-3H3,(H,14,15)(H,16,17). The fourth-order valence-electron chi connectivity index (χ4n) is 2.14. The van der Waals surface area contributed by atoms with Gasteiger partial charge in [0.05, 0.1) is 5.41 Å². The number of hydrogen-bond donors (Lipinski definition) is 3. The van der Waals surface area contributed by atoms with E-state index in [0.717, 1.165) is 19.4 Å². The molecule has 17 heavy (non-hydrogen) atoms. The fraction of sp³-hybridized carbons (Fsp3) is 0.833. The van der Waals surface area contributed by atoms with Crippen LogP contribution < -0.4 is 10.6 Å². The van der Waals surface area contributed by atoms with E-state index in [1.807, 2.05) is 13.8 Å². The Morgan fingerprint density at radius 1 is 1.53 bits per heavy atom. The van der Waals surface area contributed by atoms with Gasteiger partial charge in [-0.1, -0.05) is 13.3 Å². The SMILES string of the molecule is CCCC(C)(NC(=O)C1(C)CCNC1)C(=O)O. The van der Waals surface area contributed by atoms with Gasteiger partial charge >= 0.3 is 5.97 Å². The normalized spacial score (nSPS) is 27.5. The summed E-state index contributed by atoms with van der Waals surface area (Å²) in [5.74, 6) is -1.14. The third kappa shape index (κ3) is 2.97. The molecule has 0 aromatic rings. The Bertz CT molecular complexity index is 311. The van der Waals surface area contributed by atoms with Crippen LogP contribution in [-0.2, 0) is 9.59 Å². The molecular weight excluding hydrogens is 220 g/mol. The topological polar surface area (TPSA) is 78.4 Å². The monoisotopic (exact) mass is 242 g/mol. The van der Waals surface area contributed by atoms with Crippen molar-refractivity contribution in [2.45, 2.75) is 45.6 Å². The summed E-state index contributed by atoms with van der Waals surface area (Å²) < 4.78 is 0. The first-order valence-corrected chi connectivity index (χ1v) is 6.11. The molecule has 5 heteroatoms. The maximum atomic E-state index is 12.1. The van der Waals surface area contributed by atoms with E-state index in [1.165, 1.54) is 0 Å². The maximum absolute atomic E-state index is 12.1. The summed E-state index contributed by atoms with van der Waals surface area (Å²) in [5.41, 5.74) is -1.64. The maximum Gasteiger partial charge on any atom is 0.329 e. The molecule has 1 aliphatic rings. The van der Waals surface area contributed by atoms with Crippen molar-refractivity contribution >= 4 is 11.9 Å². The Labute approximate surface area is 102 Å². The number of amides is 1. The van der Waals surface area contributed by atoms with Crippen molar-refractivity contribution < 1.29 is 14.7 Å². The molecule has 1 amide bonds. The van der Waals surface area contributed by atoms with Gasteiger partial charge in [-0.05, 0) is 33.2 Å². The van der Waals surface area contributed by atoms with Crippen molar-refractivity contribution in [3.05, 3.63) is 0 Å². The van der Waals surface area contributed by atoms with Crippen LogP contribution in [0.25, 0.3) is 0 Å². The van der Waals surface area contributed by atoms with E-state index in [-0.39, 0.29) is 5.91 Å². The van der Waals surface area contributed by atoms with Crippen molar-refractivity contribution in [3.63, 3.8) is 0 Å². The van der Waals surface area contributed by atoms with Gasteiger partial charge in [0.1, 0.15) is 5.54 Å². The average molecular weight is 242 g/mol. The molecule has 5 nitrogen and oxygen atoms in total. The van der Waals surface area contributed by atoms with Crippen LogP contribution in [0, 0.1) is 5.41 Å². The molecule has 1 heterocycles. The Balaban J connectivity index is 2.74. The number of rotatable bonds is 5. The summed E-state index contributed by atoms with van der Waals surface area (Å²) >= 11 is 0. The lowest BCUT2D eigenvalue weighted by atomic mass is 9.86. The Morgan fingerprint density at radius 2 is 2.18 bits per heavy atom. The number of carboxylic acid groups (broad SMARTS) is 1. The molecule has 0 aromatic carbocycles. The minimum Gasteiger partial charge on any atom is -0.480 e. The second-order valence-electron chi connectivity index (χ2n) is 5.33. The van der Waals surface area contributed by atoms with E-state index in [1.54, 1.807) is 6.92 Å². The predicted molar refractivity (Wildman–Crippen MR) is 64.7 cm³/mol. The highest BCUT2D eigenvalue weighted by Gasteiger charge is 2.42. The van der Waals surface area contributed by atoms with Crippen LogP contribution >= 0.6 is 0 Å². The Hall–Kier alpha value is -1.10. The molecule has 1 fully saturated rings. The third-order valence-electron chi connectivity index (χ3n) is 3.53. The molecule has 0 aromatic heterocycles. The molecule has 0 spiro atoms. The number of carbonyl (C=O) groups is 2. The summed E-state index contributed by atoms with van der Waals surface area (Å²) in [6.45, 7) is 6.77. The summed E-state index contributed by atoms with van der Waals surface area (Å²) in [7, 11) is 0. The minimum atomic E-state index is -1.16. The number of nitrogens with one attached hydrogen (secondary N) is 2. The van der Waals surface area contributed by atoms with Crippen LogP contribution in [0.1, 0.15) is 40.0 Å². The quantitative estimate of drug-likeness (QED) is 0.664. The van der Waals surface area contributed by atoms with Gasteiger partial charge in [0.25, 0.3) is 0 Å². The van der Waals surface area contributed by atoms with Crippen LogP contribution in [0.4, 0.5) is 0 Å². The van der Waals surface area contributed by atoms with E-state index < -0.39 is 16.9 Å². The van der Waals surface area contributed by atoms with Crippen molar-refractivity contribution in [3.8, 4) is 0 Å². The van der Waals surface area contributed by atoms with Crippen LogP contribution in [0.3, 0.4) is 0 Å². The third-order valence-corrected chi connectivity index (χ3v) is 3.53. The zero-order valence-corrected chi connectivity index (χ0v) is 10.8. The van der Waals surface area contributed by atoms with Gasteiger partial charge in [0.15, 0.2) is 0 Å². The molecular formula is C12H22N2O3. The second kappa shape index (κ2) is 5.04. The number of carboxylic acids is 1. The molecule has 1 saturated heterocycles. The second-order valence-corrected chi connectivity index (χ2v) is 5.33. The van der Waals surface area contributed by atoms with Crippen LogP contribution in [0.15, 0.2) is 0 Å². The Kier molecular flexibility index (Phi) is 4.14. The molecule has 2 unspecified atom stereocenters. The van der Waals surface area contributed by atoms with Gasteiger partial charge in [-0.25, -0.2) is 4.79 Å². The van der Waals surface area contributed by atoms with Crippen molar-refractivity contribution in [2.24, 2.45) is 5.41 Å². The highest BCUT2D eigenvalue weighted by atomic mass is 16.4. The minimum absolute atomic E-state index is 0.166. The molecule has 98 valence electrons. The number of aliphatic carboxylic acids is 1. The largest absolute Gasteiger partial charge is 0.480 e. The van der Waals surface area contributed by atoms with Crippen molar-refractivity contribution in [2.75, 3.05) is 13.1 Å². The van der Waals surface area contributed by atoms with Crippen LogP contribution in [0.2, 0.25) is 0 Å². The van der Waals surface area contributed by atoms with E-state index in [4.69, 9.17) is 0 Å². The first kappa shape index (κ1) is 14.0. The average Bonchev–Trinajstić information content (AvgIpc) is 2.66. The van der Waals surface area contributed by atoms with Gasteiger partial charge in [-0.15, -0.1) is 0 Å². The molecule has 0 radical (unpaired) electrons. The molecule has 0 bridgehead atoms. The molecule has 3 N–H and O–H groups in total. The number of hydrogen-bond acceptors (Lipinski definition) is 3. The lowest BCUT2D eigenvalue weighted by Crippen LogP contribution is -2.56. The fourth-order valence-corrected chi connectivity index (χ4v) is 2.14. The molecule has 2 atom stereocenters. The van der Waals surface area contributed by atoms with E-state index in [2.05, 4.69) is 10.6 Å². The lowest BCUT2D eigenvalue weighted by Gasteiger charge is -2.31. The van der Waals surface area contributed by atoms with Crippen molar-refractivity contribution in [1.29, 1.82) is 0 Å². The van der Waals surface area contributed by atoms with Gasteiger partial charge < -0.3 is 15.7 Å². The molecule has 0 saturated carbocycles. The highest BCUT2D eigenvalue weighted by molar-refractivity contribution is 5.89.